The predicted octanol–water partition coefficient (Wildman–Crippen LogP) is 7.65. The molecule has 0 heterocycles. The molecule has 1 heteroatoms. The zero-order valence-electron chi connectivity index (χ0n) is 16.5. The van der Waals surface area contributed by atoms with Gasteiger partial charge in [-0.05, 0) is 56.3 Å². The first-order valence-electron chi connectivity index (χ1n) is 11.1. The molecular formula is C23H41N. The van der Waals surface area contributed by atoms with Crippen molar-refractivity contribution in [3.8, 4) is 6.07 Å². The van der Waals surface area contributed by atoms with Gasteiger partial charge in [-0.1, -0.05) is 78.1 Å². The van der Waals surface area contributed by atoms with Gasteiger partial charge in [0.25, 0.3) is 0 Å². The summed E-state index contributed by atoms with van der Waals surface area (Å²) in [7, 11) is 0. The molecule has 0 amide bonds. The summed E-state index contributed by atoms with van der Waals surface area (Å²) in [5, 5.41) is 9.98. The standard InChI is InChI=1S/C23H41N/c1-3-5-7-8-10-21-15-17-23(19-24,18-16-21)22-13-11-20(12-14-22)9-6-4-2/h20-22H,3-18H2,1-2H3/t20?,21-,22?,23-. The van der Waals surface area contributed by atoms with Crippen LogP contribution in [0.5, 0.6) is 0 Å². The highest BCUT2D eigenvalue weighted by Crippen LogP contribution is 2.51. The molecule has 0 aliphatic heterocycles. The van der Waals surface area contributed by atoms with E-state index in [0.29, 0.717) is 5.92 Å². The number of unbranched alkanes of at least 4 members (excludes halogenated alkanes) is 4. The second-order valence-electron chi connectivity index (χ2n) is 8.92. The molecule has 24 heavy (non-hydrogen) atoms. The van der Waals surface area contributed by atoms with Gasteiger partial charge >= 0.3 is 0 Å². The molecular weight excluding hydrogens is 290 g/mol. The quantitative estimate of drug-likeness (QED) is 0.398. The van der Waals surface area contributed by atoms with Crippen molar-refractivity contribution in [3.63, 3.8) is 0 Å². The topological polar surface area (TPSA) is 23.8 Å². The maximum Gasteiger partial charge on any atom is 0.0692 e. The SMILES string of the molecule is CCCCCC[C@H]1CC[C@](C#N)(C2CCC(CCCC)CC2)CC1. The largest absolute Gasteiger partial charge is 0.198 e. The van der Waals surface area contributed by atoms with Gasteiger partial charge in [-0.15, -0.1) is 0 Å². The molecule has 0 radical (unpaired) electrons. The summed E-state index contributed by atoms with van der Waals surface area (Å²) in [6.45, 7) is 4.59. The smallest absolute Gasteiger partial charge is 0.0692 e. The normalized spacial score (nSPS) is 34.0. The van der Waals surface area contributed by atoms with E-state index in [0.717, 1.165) is 11.8 Å². The maximum absolute atomic E-state index is 9.98. The lowest BCUT2D eigenvalue weighted by Gasteiger charge is -2.43. The van der Waals surface area contributed by atoms with Crippen LogP contribution < -0.4 is 0 Å². The third kappa shape index (κ3) is 5.50. The van der Waals surface area contributed by atoms with Crippen LogP contribution in [0.15, 0.2) is 0 Å². The Morgan fingerprint density at radius 3 is 1.92 bits per heavy atom. The van der Waals surface area contributed by atoms with E-state index in [9.17, 15) is 5.26 Å². The van der Waals surface area contributed by atoms with E-state index in [1.54, 1.807) is 0 Å². The zero-order valence-corrected chi connectivity index (χ0v) is 16.5. The molecule has 2 aliphatic rings. The highest BCUT2D eigenvalue weighted by molar-refractivity contribution is 5.06. The molecule has 0 aromatic carbocycles. The highest BCUT2D eigenvalue weighted by Gasteiger charge is 2.43. The Morgan fingerprint density at radius 2 is 1.33 bits per heavy atom. The van der Waals surface area contributed by atoms with Crippen LogP contribution in [0.4, 0.5) is 0 Å². The minimum absolute atomic E-state index is 0.0512. The Kier molecular flexibility index (Phi) is 8.65. The van der Waals surface area contributed by atoms with Crippen LogP contribution in [0.2, 0.25) is 0 Å². The Morgan fingerprint density at radius 1 is 0.750 bits per heavy atom. The van der Waals surface area contributed by atoms with Gasteiger partial charge in [0.15, 0.2) is 0 Å². The van der Waals surface area contributed by atoms with Crippen LogP contribution in [0.1, 0.15) is 117 Å². The number of nitrogens with zero attached hydrogens (tertiary/aromatic N) is 1. The zero-order chi connectivity index (χ0) is 17.3. The molecule has 0 unspecified atom stereocenters. The van der Waals surface area contributed by atoms with Gasteiger partial charge in [-0.2, -0.15) is 5.26 Å². The molecule has 2 fully saturated rings. The first-order chi connectivity index (χ1) is 11.7. The first kappa shape index (κ1) is 19.8. The molecule has 1 nitrogen and oxygen atoms in total. The summed E-state index contributed by atoms with van der Waals surface area (Å²) < 4.78 is 0. The highest BCUT2D eigenvalue weighted by atomic mass is 14.5. The van der Waals surface area contributed by atoms with Crippen molar-refractivity contribution in [1.29, 1.82) is 5.26 Å². The first-order valence-corrected chi connectivity index (χ1v) is 11.1. The van der Waals surface area contributed by atoms with Crippen LogP contribution in [-0.2, 0) is 0 Å². The Hall–Kier alpha value is -0.510. The molecule has 0 saturated heterocycles. The third-order valence-corrected chi connectivity index (χ3v) is 7.28. The van der Waals surface area contributed by atoms with Crippen molar-refractivity contribution in [3.05, 3.63) is 0 Å². The molecule has 0 spiro atoms. The summed E-state index contributed by atoms with van der Waals surface area (Å²) in [5.74, 6) is 2.59. The van der Waals surface area contributed by atoms with Gasteiger partial charge in [0.2, 0.25) is 0 Å². The van der Waals surface area contributed by atoms with Crippen molar-refractivity contribution in [2.24, 2.45) is 23.2 Å². The van der Waals surface area contributed by atoms with E-state index in [4.69, 9.17) is 0 Å². The molecule has 2 saturated carbocycles. The minimum Gasteiger partial charge on any atom is -0.198 e. The molecule has 2 aliphatic carbocycles. The number of hydrogen-bond acceptors (Lipinski definition) is 1. The molecule has 138 valence electrons. The van der Waals surface area contributed by atoms with E-state index in [1.165, 1.54) is 103 Å². The summed E-state index contributed by atoms with van der Waals surface area (Å²) in [6.07, 6.45) is 21.7. The Labute approximate surface area is 151 Å². The average Bonchev–Trinajstić information content (AvgIpc) is 2.64. The van der Waals surface area contributed by atoms with E-state index in [1.807, 2.05) is 0 Å². The third-order valence-electron chi connectivity index (χ3n) is 7.28. The van der Waals surface area contributed by atoms with Crippen LogP contribution in [0.3, 0.4) is 0 Å². The molecule has 0 N–H and O–H groups in total. The molecule has 0 aromatic rings. The minimum atomic E-state index is 0.0512. The number of hydrogen-bond donors (Lipinski definition) is 0. The maximum atomic E-state index is 9.98. The van der Waals surface area contributed by atoms with Crippen molar-refractivity contribution >= 4 is 0 Å². The van der Waals surface area contributed by atoms with E-state index >= 15 is 0 Å². The van der Waals surface area contributed by atoms with Crippen molar-refractivity contribution in [2.75, 3.05) is 0 Å². The van der Waals surface area contributed by atoms with Gasteiger partial charge in [0.1, 0.15) is 0 Å². The van der Waals surface area contributed by atoms with Crippen LogP contribution in [-0.4, -0.2) is 0 Å². The molecule has 0 atom stereocenters. The van der Waals surface area contributed by atoms with Crippen LogP contribution in [0.25, 0.3) is 0 Å². The number of rotatable bonds is 9. The summed E-state index contributed by atoms with van der Waals surface area (Å²) in [5.41, 5.74) is 0.0512. The second kappa shape index (κ2) is 10.5. The van der Waals surface area contributed by atoms with Gasteiger partial charge in [0, 0.05) is 0 Å². The van der Waals surface area contributed by atoms with Gasteiger partial charge < -0.3 is 0 Å². The lowest BCUT2D eigenvalue weighted by molar-refractivity contribution is 0.0843. The fraction of sp³-hybridized carbons (Fsp3) is 0.957. The molecule has 2 rings (SSSR count). The lowest BCUT2D eigenvalue weighted by Crippen LogP contribution is -2.36. The summed E-state index contributed by atoms with van der Waals surface area (Å²) in [4.78, 5) is 0. The Balaban J connectivity index is 1.75. The Bertz CT molecular complexity index is 364. The van der Waals surface area contributed by atoms with E-state index in [-0.39, 0.29) is 5.41 Å². The van der Waals surface area contributed by atoms with Crippen molar-refractivity contribution < 1.29 is 0 Å². The van der Waals surface area contributed by atoms with E-state index in [2.05, 4.69) is 19.9 Å². The molecule has 0 bridgehead atoms. The van der Waals surface area contributed by atoms with Gasteiger partial charge in [0.05, 0.1) is 11.5 Å². The van der Waals surface area contributed by atoms with Crippen molar-refractivity contribution in [2.45, 2.75) is 117 Å². The van der Waals surface area contributed by atoms with Crippen LogP contribution >= 0.6 is 0 Å². The predicted molar refractivity (Wildman–Crippen MR) is 104 cm³/mol. The van der Waals surface area contributed by atoms with Gasteiger partial charge in [-0.25, -0.2) is 0 Å². The fourth-order valence-electron chi connectivity index (χ4n) is 5.45. The average molecular weight is 332 g/mol. The van der Waals surface area contributed by atoms with Crippen molar-refractivity contribution in [1.82, 2.24) is 0 Å². The van der Waals surface area contributed by atoms with E-state index < -0.39 is 0 Å². The number of nitriles is 1. The van der Waals surface area contributed by atoms with Crippen LogP contribution in [0, 0.1) is 34.5 Å². The lowest BCUT2D eigenvalue weighted by atomic mass is 9.59. The fourth-order valence-corrected chi connectivity index (χ4v) is 5.45. The molecule has 0 aromatic heterocycles. The van der Waals surface area contributed by atoms with Gasteiger partial charge in [-0.3, -0.25) is 0 Å². The summed E-state index contributed by atoms with van der Waals surface area (Å²) >= 11 is 0. The monoisotopic (exact) mass is 331 g/mol. The second-order valence-corrected chi connectivity index (χ2v) is 8.92. The summed E-state index contributed by atoms with van der Waals surface area (Å²) in [6, 6.07) is 2.84.